The number of imidazole rings is 1. The highest BCUT2D eigenvalue weighted by Crippen LogP contribution is 2.00. The third-order valence-electron chi connectivity index (χ3n) is 1.99. The van der Waals surface area contributed by atoms with Crippen molar-refractivity contribution in [2.45, 2.75) is 26.5 Å². The molecule has 4 nitrogen and oxygen atoms in total. The Bertz CT molecular complexity index is 247. The molecule has 0 amide bonds. The van der Waals surface area contributed by atoms with Crippen molar-refractivity contribution in [1.82, 2.24) is 9.55 Å². The predicted molar refractivity (Wildman–Crippen MR) is 51.4 cm³/mol. The summed E-state index contributed by atoms with van der Waals surface area (Å²) in [5, 5.41) is 0. The topological polar surface area (TPSA) is 53.1 Å². The molecule has 0 saturated carbocycles. The standard InChI is InChI=1S/C9H17N3O/c1-3-13-9(6-10)7-12-5-4-11-8(12)2/h4-5,9H,3,6-7,10H2,1-2H3. The first-order valence-corrected chi connectivity index (χ1v) is 4.57. The number of aromatic nitrogens is 2. The Balaban J connectivity index is 2.51. The average Bonchev–Trinajstić information content (AvgIpc) is 2.51. The molecule has 74 valence electrons. The van der Waals surface area contributed by atoms with Crippen LogP contribution in [0.3, 0.4) is 0 Å². The smallest absolute Gasteiger partial charge is 0.105 e. The highest BCUT2D eigenvalue weighted by atomic mass is 16.5. The quantitative estimate of drug-likeness (QED) is 0.725. The van der Waals surface area contributed by atoms with Gasteiger partial charge >= 0.3 is 0 Å². The molecule has 13 heavy (non-hydrogen) atoms. The third-order valence-corrected chi connectivity index (χ3v) is 1.99. The summed E-state index contributed by atoms with van der Waals surface area (Å²) in [5.41, 5.74) is 5.57. The molecule has 1 atom stereocenters. The summed E-state index contributed by atoms with van der Waals surface area (Å²) >= 11 is 0. The van der Waals surface area contributed by atoms with Crippen LogP contribution in [0.2, 0.25) is 0 Å². The zero-order chi connectivity index (χ0) is 9.68. The largest absolute Gasteiger partial charge is 0.375 e. The zero-order valence-corrected chi connectivity index (χ0v) is 8.23. The van der Waals surface area contributed by atoms with Crippen LogP contribution < -0.4 is 5.73 Å². The van der Waals surface area contributed by atoms with Crippen molar-refractivity contribution in [3.05, 3.63) is 18.2 Å². The summed E-state index contributed by atoms with van der Waals surface area (Å²) in [6.07, 6.45) is 3.82. The van der Waals surface area contributed by atoms with Crippen molar-refractivity contribution in [3.63, 3.8) is 0 Å². The zero-order valence-electron chi connectivity index (χ0n) is 8.23. The van der Waals surface area contributed by atoms with E-state index in [9.17, 15) is 0 Å². The summed E-state index contributed by atoms with van der Waals surface area (Å²) < 4.78 is 7.49. The van der Waals surface area contributed by atoms with Gasteiger partial charge < -0.3 is 15.0 Å². The molecule has 1 unspecified atom stereocenters. The van der Waals surface area contributed by atoms with E-state index in [-0.39, 0.29) is 6.10 Å². The number of ether oxygens (including phenoxy) is 1. The molecule has 0 aliphatic heterocycles. The van der Waals surface area contributed by atoms with Crippen LogP contribution in [-0.4, -0.2) is 28.8 Å². The van der Waals surface area contributed by atoms with Crippen LogP contribution in [-0.2, 0) is 11.3 Å². The first-order valence-electron chi connectivity index (χ1n) is 4.57. The van der Waals surface area contributed by atoms with Crippen molar-refractivity contribution in [1.29, 1.82) is 0 Å². The van der Waals surface area contributed by atoms with E-state index >= 15 is 0 Å². The van der Waals surface area contributed by atoms with E-state index in [2.05, 4.69) is 4.98 Å². The van der Waals surface area contributed by atoms with Gasteiger partial charge in [-0.05, 0) is 13.8 Å². The lowest BCUT2D eigenvalue weighted by Gasteiger charge is -2.15. The number of aryl methyl sites for hydroxylation is 1. The second-order valence-electron chi connectivity index (χ2n) is 2.94. The first-order chi connectivity index (χ1) is 6.27. The van der Waals surface area contributed by atoms with Gasteiger partial charge in [0.2, 0.25) is 0 Å². The molecule has 0 radical (unpaired) electrons. The van der Waals surface area contributed by atoms with Gasteiger partial charge in [-0.2, -0.15) is 0 Å². The molecular weight excluding hydrogens is 166 g/mol. The van der Waals surface area contributed by atoms with Gasteiger partial charge in [-0.15, -0.1) is 0 Å². The van der Waals surface area contributed by atoms with Crippen LogP contribution in [0, 0.1) is 6.92 Å². The summed E-state index contributed by atoms with van der Waals surface area (Å²) in [4.78, 5) is 4.13. The number of rotatable bonds is 5. The highest BCUT2D eigenvalue weighted by Gasteiger charge is 2.07. The van der Waals surface area contributed by atoms with Crippen LogP contribution in [0.4, 0.5) is 0 Å². The fraction of sp³-hybridized carbons (Fsp3) is 0.667. The van der Waals surface area contributed by atoms with E-state index in [0.29, 0.717) is 13.2 Å². The molecule has 0 aliphatic carbocycles. The van der Waals surface area contributed by atoms with Crippen molar-refractivity contribution >= 4 is 0 Å². The lowest BCUT2D eigenvalue weighted by Crippen LogP contribution is -2.28. The van der Waals surface area contributed by atoms with E-state index in [1.807, 2.05) is 24.6 Å². The van der Waals surface area contributed by atoms with Crippen LogP contribution in [0.15, 0.2) is 12.4 Å². The molecule has 0 aliphatic rings. The molecule has 1 rings (SSSR count). The molecule has 1 heterocycles. The van der Waals surface area contributed by atoms with Crippen LogP contribution in [0.5, 0.6) is 0 Å². The van der Waals surface area contributed by atoms with Gasteiger partial charge in [-0.1, -0.05) is 0 Å². The van der Waals surface area contributed by atoms with Crippen molar-refractivity contribution in [2.24, 2.45) is 5.73 Å². The maximum Gasteiger partial charge on any atom is 0.105 e. The van der Waals surface area contributed by atoms with E-state index in [1.165, 1.54) is 0 Å². The number of hydrogen-bond donors (Lipinski definition) is 1. The maximum atomic E-state index is 5.57. The minimum Gasteiger partial charge on any atom is -0.375 e. The Kier molecular flexibility index (Phi) is 3.92. The lowest BCUT2D eigenvalue weighted by atomic mass is 10.3. The Morgan fingerprint density at radius 1 is 1.69 bits per heavy atom. The van der Waals surface area contributed by atoms with Gasteiger partial charge in [0, 0.05) is 25.5 Å². The molecule has 4 heteroatoms. The second-order valence-corrected chi connectivity index (χ2v) is 2.94. The predicted octanol–water partition coefficient (Wildman–Crippen LogP) is 0.555. The molecule has 2 N–H and O–H groups in total. The van der Waals surface area contributed by atoms with Crippen LogP contribution in [0.25, 0.3) is 0 Å². The summed E-state index contributed by atoms with van der Waals surface area (Å²) in [6, 6.07) is 0. The van der Waals surface area contributed by atoms with Crippen LogP contribution >= 0.6 is 0 Å². The highest BCUT2D eigenvalue weighted by molar-refractivity contribution is 4.89. The summed E-state index contributed by atoms with van der Waals surface area (Å²) in [7, 11) is 0. The number of hydrogen-bond acceptors (Lipinski definition) is 3. The minimum absolute atomic E-state index is 0.0953. The molecule has 0 saturated heterocycles. The van der Waals surface area contributed by atoms with E-state index < -0.39 is 0 Å². The normalized spacial score (nSPS) is 13.2. The second kappa shape index (κ2) is 4.99. The van der Waals surface area contributed by atoms with Gasteiger partial charge in [-0.3, -0.25) is 0 Å². The molecule has 1 aromatic rings. The molecular formula is C9H17N3O. The van der Waals surface area contributed by atoms with E-state index in [1.54, 1.807) is 6.20 Å². The maximum absolute atomic E-state index is 5.57. The number of nitrogens with zero attached hydrogens (tertiary/aromatic N) is 2. The van der Waals surface area contributed by atoms with E-state index in [4.69, 9.17) is 10.5 Å². The van der Waals surface area contributed by atoms with Crippen molar-refractivity contribution in [3.8, 4) is 0 Å². The van der Waals surface area contributed by atoms with E-state index in [0.717, 1.165) is 12.4 Å². The van der Waals surface area contributed by atoms with Crippen molar-refractivity contribution < 1.29 is 4.74 Å². The average molecular weight is 183 g/mol. The summed E-state index contributed by atoms with van der Waals surface area (Å²) in [6.45, 7) is 5.99. The molecule has 0 aromatic carbocycles. The number of nitrogens with two attached hydrogens (primary N) is 1. The third kappa shape index (κ3) is 2.82. The Morgan fingerprint density at radius 2 is 2.46 bits per heavy atom. The van der Waals surface area contributed by atoms with Gasteiger partial charge in [0.1, 0.15) is 5.82 Å². The molecule has 0 bridgehead atoms. The fourth-order valence-electron chi connectivity index (χ4n) is 1.25. The molecule has 0 fully saturated rings. The van der Waals surface area contributed by atoms with Gasteiger partial charge in [0.05, 0.1) is 12.6 Å². The van der Waals surface area contributed by atoms with Crippen LogP contribution in [0.1, 0.15) is 12.7 Å². The SMILES string of the molecule is CCOC(CN)Cn1ccnc1C. The summed E-state index contributed by atoms with van der Waals surface area (Å²) in [5.74, 6) is 0.998. The van der Waals surface area contributed by atoms with Gasteiger partial charge in [-0.25, -0.2) is 4.98 Å². The lowest BCUT2D eigenvalue weighted by molar-refractivity contribution is 0.0563. The molecule has 1 aromatic heterocycles. The minimum atomic E-state index is 0.0953. The Labute approximate surface area is 78.7 Å². The fourth-order valence-corrected chi connectivity index (χ4v) is 1.25. The first kappa shape index (κ1) is 10.2. The molecule has 0 spiro atoms. The monoisotopic (exact) mass is 183 g/mol. The Hall–Kier alpha value is -0.870. The Morgan fingerprint density at radius 3 is 2.92 bits per heavy atom. The van der Waals surface area contributed by atoms with Gasteiger partial charge in [0.25, 0.3) is 0 Å². The van der Waals surface area contributed by atoms with Crippen molar-refractivity contribution in [2.75, 3.05) is 13.2 Å². The van der Waals surface area contributed by atoms with Gasteiger partial charge in [0.15, 0.2) is 0 Å².